The van der Waals surface area contributed by atoms with Gasteiger partial charge in [0.15, 0.2) is 5.78 Å². The highest BCUT2D eigenvalue weighted by Crippen LogP contribution is 2.14. The number of nitriles is 1. The topological polar surface area (TPSA) is 78.2 Å². The average molecular weight is 279 g/mol. The minimum absolute atomic E-state index is 0.128. The van der Waals surface area contributed by atoms with Crippen LogP contribution < -0.4 is 0 Å². The summed E-state index contributed by atoms with van der Waals surface area (Å²) in [5.41, 5.74) is 2.29. The number of ketones is 1. The van der Waals surface area contributed by atoms with Crippen molar-refractivity contribution in [2.75, 3.05) is 0 Å². The molecular weight excluding hydrogens is 266 g/mol. The van der Waals surface area contributed by atoms with Crippen LogP contribution in [-0.2, 0) is 17.6 Å². The zero-order chi connectivity index (χ0) is 15.2. The SMILES string of the molecule is N#Cc1ccc(CC(=O)c2ccccc2CC(=O)O)cc1. The molecule has 0 heterocycles. The van der Waals surface area contributed by atoms with Gasteiger partial charge in [-0.15, -0.1) is 0 Å². The first-order chi connectivity index (χ1) is 10.1. The van der Waals surface area contributed by atoms with Crippen LogP contribution in [-0.4, -0.2) is 16.9 Å². The molecule has 2 rings (SSSR count). The van der Waals surface area contributed by atoms with E-state index in [4.69, 9.17) is 10.4 Å². The molecule has 0 amide bonds. The molecule has 0 spiro atoms. The molecule has 0 aliphatic carbocycles. The molecule has 4 heteroatoms. The normalized spacial score (nSPS) is 9.86. The highest BCUT2D eigenvalue weighted by atomic mass is 16.4. The molecule has 0 aliphatic rings. The fourth-order valence-corrected chi connectivity index (χ4v) is 2.09. The Balaban J connectivity index is 2.20. The smallest absolute Gasteiger partial charge is 0.307 e. The Hall–Kier alpha value is -2.93. The molecule has 0 atom stereocenters. The summed E-state index contributed by atoms with van der Waals surface area (Å²) in [4.78, 5) is 23.1. The first kappa shape index (κ1) is 14.5. The standard InChI is InChI=1S/C17H13NO3/c18-11-13-7-5-12(6-8-13)9-16(19)15-4-2-1-3-14(15)10-17(20)21/h1-8H,9-10H2,(H,20,21). The zero-order valence-electron chi connectivity index (χ0n) is 11.2. The molecular formula is C17H13NO3. The Morgan fingerprint density at radius 3 is 2.29 bits per heavy atom. The van der Waals surface area contributed by atoms with E-state index in [1.165, 1.54) is 0 Å². The molecule has 0 radical (unpaired) electrons. The number of benzene rings is 2. The summed E-state index contributed by atoms with van der Waals surface area (Å²) < 4.78 is 0. The van der Waals surface area contributed by atoms with Gasteiger partial charge in [0.25, 0.3) is 0 Å². The summed E-state index contributed by atoms with van der Waals surface area (Å²) in [5.74, 6) is -1.09. The Kier molecular flexibility index (Phi) is 4.47. The number of carboxylic acid groups (broad SMARTS) is 1. The summed E-state index contributed by atoms with van der Waals surface area (Å²) in [6.07, 6.45) is 0.0115. The largest absolute Gasteiger partial charge is 0.481 e. The first-order valence-electron chi connectivity index (χ1n) is 6.42. The van der Waals surface area contributed by atoms with E-state index in [2.05, 4.69) is 0 Å². The molecule has 0 fully saturated rings. The van der Waals surface area contributed by atoms with Crippen LogP contribution in [0, 0.1) is 11.3 Å². The maximum absolute atomic E-state index is 12.3. The molecule has 2 aromatic carbocycles. The number of hydrogen-bond acceptors (Lipinski definition) is 3. The second-order valence-electron chi connectivity index (χ2n) is 4.64. The summed E-state index contributed by atoms with van der Waals surface area (Å²) in [7, 11) is 0. The fraction of sp³-hybridized carbons (Fsp3) is 0.118. The van der Waals surface area contributed by atoms with Gasteiger partial charge in [0.2, 0.25) is 0 Å². The Bertz CT molecular complexity index is 712. The molecule has 104 valence electrons. The van der Waals surface area contributed by atoms with Gasteiger partial charge in [0, 0.05) is 12.0 Å². The minimum atomic E-state index is -0.964. The molecule has 0 aromatic heterocycles. The van der Waals surface area contributed by atoms with Gasteiger partial charge in [0.05, 0.1) is 18.1 Å². The monoisotopic (exact) mass is 279 g/mol. The van der Waals surface area contributed by atoms with Crippen molar-refractivity contribution >= 4 is 11.8 Å². The Labute approximate surface area is 122 Å². The molecule has 0 saturated heterocycles. The van der Waals surface area contributed by atoms with Gasteiger partial charge >= 0.3 is 5.97 Å². The van der Waals surface area contributed by atoms with Crippen LogP contribution in [0.15, 0.2) is 48.5 Å². The third kappa shape index (κ3) is 3.77. The highest BCUT2D eigenvalue weighted by molar-refractivity contribution is 5.99. The van der Waals surface area contributed by atoms with Gasteiger partial charge in [-0.3, -0.25) is 9.59 Å². The molecule has 1 N–H and O–H groups in total. The van der Waals surface area contributed by atoms with E-state index >= 15 is 0 Å². The van der Waals surface area contributed by atoms with Crippen LogP contribution in [0.1, 0.15) is 27.0 Å². The van der Waals surface area contributed by atoms with Crippen LogP contribution in [0.25, 0.3) is 0 Å². The first-order valence-corrected chi connectivity index (χ1v) is 6.42. The van der Waals surface area contributed by atoms with Gasteiger partial charge in [-0.25, -0.2) is 0 Å². The van der Waals surface area contributed by atoms with Crippen LogP contribution in [0.3, 0.4) is 0 Å². The van der Waals surface area contributed by atoms with Crippen LogP contribution >= 0.6 is 0 Å². The fourth-order valence-electron chi connectivity index (χ4n) is 2.09. The van der Waals surface area contributed by atoms with Crippen LogP contribution in [0.5, 0.6) is 0 Å². The quantitative estimate of drug-likeness (QED) is 0.853. The van der Waals surface area contributed by atoms with Gasteiger partial charge in [-0.05, 0) is 23.3 Å². The van der Waals surface area contributed by atoms with Crippen molar-refractivity contribution in [3.05, 3.63) is 70.8 Å². The number of nitrogens with zero attached hydrogens (tertiary/aromatic N) is 1. The van der Waals surface area contributed by atoms with Crippen molar-refractivity contribution in [3.63, 3.8) is 0 Å². The van der Waals surface area contributed by atoms with Crippen molar-refractivity contribution in [2.45, 2.75) is 12.8 Å². The van der Waals surface area contributed by atoms with E-state index in [0.29, 0.717) is 16.7 Å². The van der Waals surface area contributed by atoms with Crippen molar-refractivity contribution < 1.29 is 14.7 Å². The number of hydrogen-bond donors (Lipinski definition) is 1. The van der Waals surface area contributed by atoms with Gasteiger partial charge in [-0.1, -0.05) is 36.4 Å². The molecule has 21 heavy (non-hydrogen) atoms. The Morgan fingerprint density at radius 2 is 1.67 bits per heavy atom. The summed E-state index contributed by atoms with van der Waals surface area (Å²) >= 11 is 0. The van der Waals surface area contributed by atoms with E-state index < -0.39 is 5.97 Å². The number of rotatable bonds is 5. The van der Waals surface area contributed by atoms with Gasteiger partial charge < -0.3 is 5.11 Å². The number of Topliss-reactive ketones (excluding diaryl/α,β-unsaturated/α-hetero) is 1. The number of aliphatic carboxylic acids is 1. The van der Waals surface area contributed by atoms with Crippen LogP contribution in [0.2, 0.25) is 0 Å². The predicted molar refractivity (Wildman–Crippen MR) is 77.0 cm³/mol. The predicted octanol–water partition coefficient (Wildman–Crippen LogP) is 2.61. The van der Waals surface area contributed by atoms with Gasteiger partial charge in [-0.2, -0.15) is 5.26 Å². The van der Waals surface area contributed by atoms with E-state index in [1.807, 2.05) is 6.07 Å². The van der Waals surface area contributed by atoms with Crippen molar-refractivity contribution in [1.82, 2.24) is 0 Å². The lowest BCUT2D eigenvalue weighted by Crippen LogP contribution is -2.10. The minimum Gasteiger partial charge on any atom is -0.481 e. The van der Waals surface area contributed by atoms with Crippen molar-refractivity contribution in [2.24, 2.45) is 0 Å². The van der Waals surface area contributed by atoms with E-state index in [0.717, 1.165) is 5.56 Å². The van der Waals surface area contributed by atoms with E-state index in [1.54, 1.807) is 48.5 Å². The third-order valence-electron chi connectivity index (χ3n) is 3.11. The summed E-state index contributed by atoms with van der Waals surface area (Å²) in [5, 5.41) is 17.6. The van der Waals surface area contributed by atoms with E-state index in [-0.39, 0.29) is 18.6 Å². The zero-order valence-corrected chi connectivity index (χ0v) is 11.2. The molecule has 0 aliphatic heterocycles. The highest BCUT2D eigenvalue weighted by Gasteiger charge is 2.13. The van der Waals surface area contributed by atoms with Crippen molar-refractivity contribution in [1.29, 1.82) is 5.26 Å². The second kappa shape index (κ2) is 6.49. The molecule has 0 saturated carbocycles. The average Bonchev–Trinajstić information content (AvgIpc) is 2.48. The molecule has 4 nitrogen and oxygen atoms in total. The lowest BCUT2D eigenvalue weighted by atomic mass is 9.96. The van der Waals surface area contributed by atoms with Crippen LogP contribution in [0.4, 0.5) is 0 Å². The second-order valence-corrected chi connectivity index (χ2v) is 4.64. The lowest BCUT2D eigenvalue weighted by molar-refractivity contribution is -0.136. The third-order valence-corrected chi connectivity index (χ3v) is 3.11. The number of carboxylic acids is 1. The van der Waals surface area contributed by atoms with Gasteiger partial charge in [0.1, 0.15) is 0 Å². The Morgan fingerprint density at radius 1 is 1.00 bits per heavy atom. The molecule has 0 unspecified atom stereocenters. The number of carbonyl (C=O) groups is 2. The summed E-state index contributed by atoms with van der Waals surface area (Å²) in [6, 6.07) is 15.5. The number of carbonyl (C=O) groups excluding carboxylic acids is 1. The lowest BCUT2D eigenvalue weighted by Gasteiger charge is -2.07. The van der Waals surface area contributed by atoms with Crippen molar-refractivity contribution in [3.8, 4) is 6.07 Å². The maximum Gasteiger partial charge on any atom is 0.307 e. The molecule has 2 aromatic rings. The van der Waals surface area contributed by atoms with E-state index in [9.17, 15) is 9.59 Å². The molecule has 0 bridgehead atoms. The summed E-state index contributed by atoms with van der Waals surface area (Å²) in [6.45, 7) is 0. The maximum atomic E-state index is 12.3.